The minimum atomic E-state index is -1.79. The van der Waals surface area contributed by atoms with E-state index < -0.39 is 8.07 Å². The van der Waals surface area contributed by atoms with Crippen molar-refractivity contribution >= 4 is 13.3 Å². The highest BCUT2D eigenvalue weighted by Crippen LogP contribution is 2.44. The molecule has 0 radical (unpaired) electrons. The molecule has 2 unspecified atom stereocenters. The van der Waals surface area contributed by atoms with Crippen molar-refractivity contribution in [1.82, 2.24) is 5.32 Å². The maximum atomic E-state index is 9.94. The predicted molar refractivity (Wildman–Crippen MR) is 163 cm³/mol. The summed E-state index contributed by atoms with van der Waals surface area (Å²) in [6, 6.07) is 21.9. The molecule has 38 heavy (non-hydrogen) atoms. The van der Waals surface area contributed by atoms with Gasteiger partial charge in [-0.15, -0.1) is 0 Å². The average Bonchev–Trinajstić information content (AvgIpc) is 2.91. The minimum absolute atomic E-state index is 0.230. The number of aromatic nitrogens is 1. The molecule has 0 amide bonds. The van der Waals surface area contributed by atoms with Crippen LogP contribution in [0.3, 0.4) is 0 Å². The van der Waals surface area contributed by atoms with E-state index in [1.165, 1.54) is 33.1 Å². The summed E-state index contributed by atoms with van der Waals surface area (Å²) in [7, 11) is 0.176. The van der Waals surface area contributed by atoms with Crippen molar-refractivity contribution in [1.29, 1.82) is 5.26 Å². The molecule has 1 N–H and O–H groups in total. The Labute approximate surface area is 229 Å². The third-order valence-electron chi connectivity index (χ3n) is 7.71. The first-order chi connectivity index (χ1) is 18.2. The molecule has 0 spiro atoms. The Kier molecular flexibility index (Phi) is 8.19. The Balaban J connectivity index is 1.99. The minimum Gasteiger partial charge on any atom is -0.392 e. The highest BCUT2D eigenvalue weighted by molar-refractivity contribution is 6.89. The molecule has 3 aromatic rings. The summed E-state index contributed by atoms with van der Waals surface area (Å²) in [4.78, 5) is 0. The number of allylic oxidation sites excluding steroid dienone is 4. The summed E-state index contributed by atoms with van der Waals surface area (Å²) in [5.41, 5.74) is 9.01. The summed E-state index contributed by atoms with van der Waals surface area (Å²) in [6.07, 6.45) is 9.44. The van der Waals surface area contributed by atoms with E-state index in [9.17, 15) is 5.26 Å². The molecule has 0 saturated heterocycles. The predicted octanol–water partition coefficient (Wildman–Crippen LogP) is 7.40. The first-order valence-electron chi connectivity index (χ1n) is 13.5. The van der Waals surface area contributed by atoms with Crippen LogP contribution in [0.15, 0.2) is 97.4 Å². The third-order valence-corrected chi connectivity index (χ3v) is 9.72. The van der Waals surface area contributed by atoms with Crippen LogP contribution in [0.25, 0.3) is 22.4 Å². The maximum absolute atomic E-state index is 9.94. The van der Waals surface area contributed by atoms with Gasteiger partial charge in [-0.1, -0.05) is 86.9 Å². The zero-order valence-electron chi connectivity index (χ0n) is 23.5. The second kappa shape index (κ2) is 11.4. The van der Waals surface area contributed by atoms with Crippen LogP contribution in [-0.2, 0) is 0 Å². The lowest BCUT2D eigenvalue weighted by molar-refractivity contribution is -0.717. The molecule has 2 heterocycles. The van der Waals surface area contributed by atoms with Gasteiger partial charge in [-0.05, 0) is 48.6 Å². The first-order valence-corrected chi connectivity index (χ1v) is 17.0. The fourth-order valence-corrected chi connectivity index (χ4v) is 7.29. The largest absolute Gasteiger partial charge is 0.392 e. The molecule has 0 fully saturated rings. The Morgan fingerprint density at radius 2 is 1.74 bits per heavy atom. The standard InChI is InChI=1S/C34H40N3Si/c1-8-13-24(2)18-19-30-28-16-11-12-17-29(28)33-21-31(27-15-10-9-14-26(27)22-35)34(38(5,6)7)23-37(33)32(30)20-25(3)36-4/h8-17,21,23,30,32,36H,2-3,18-20H2,1,4-7H3/q+1/b13-8-. The summed E-state index contributed by atoms with van der Waals surface area (Å²) in [6.45, 7) is 17.9. The Hall–Kier alpha value is -3.68. The van der Waals surface area contributed by atoms with Crippen LogP contribution in [0.4, 0.5) is 0 Å². The number of pyridine rings is 1. The summed E-state index contributed by atoms with van der Waals surface area (Å²) in [5, 5.41) is 14.6. The van der Waals surface area contributed by atoms with Gasteiger partial charge in [0.1, 0.15) is 0 Å². The first kappa shape index (κ1) is 27.4. The van der Waals surface area contributed by atoms with Gasteiger partial charge in [-0.25, -0.2) is 0 Å². The molecule has 4 heteroatoms. The quantitative estimate of drug-likeness (QED) is 0.182. The number of hydrogen-bond acceptors (Lipinski definition) is 2. The third kappa shape index (κ3) is 5.44. The lowest BCUT2D eigenvalue weighted by Crippen LogP contribution is -2.53. The van der Waals surface area contributed by atoms with Crippen LogP contribution in [0.1, 0.15) is 49.3 Å². The fourth-order valence-electron chi connectivity index (χ4n) is 5.75. The molecule has 0 saturated carbocycles. The second-order valence-corrected chi connectivity index (χ2v) is 16.4. The van der Waals surface area contributed by atoms with E-state index in [1.54, 1.807) is 0 Å². The molecule has 4 rings (SSSR count). The molecular weight excluding hydrogens is 478 g/mol. The van der Waals surface area contributed by atoms with E-state index in [0.29, 0.717) is 5.92 Å². The van der Waals surface area contributed by atoms with E-state index in [0.717, 1.165) is 36.1 Å². The van der Waals surface area contributed by atoms with Crippen LogP contribution in [0.5, 0.6) is 0 Å². The van der Waals surface area contributed by atoms with Crippen LogP contribution >= 0.6 is 0 Å². The van der Waals surface area contributed by atoms with Gasteiger partial charge in [0.25, 0.3) is 0 Å². The van der Waals surface area contributed by atoms with Crippen molar-refractivity contribution < 1.29 is 4.57 Å². The van der Waals surface area contributed by atoms with Crippen molar-refractivity contribution in [2.24, 2.45) is 0 Å². The van der Waals surface area contributed by atoms with Crippen molar-refractivity contribution in [3.05, 3.63) is 109 Å². The number of rotatable bonds is 9. The van der Waals surface area contributed by atoms with Gasteiger partial charge in [0, 0.05) is 41.9 Å². The van der Waals surface area contributed by atoms with Gasteiger partial charge in [-0.2, -0.15) is 9.83 Å². The van der Waals surface area contributed by atoms with Gasteiger partial charge in [-0.3, -0.25) is 0 Å². The SMILES string of the molecule is C=C(/C=C\C)CCC1c2ccccc2-c2cc(-c3ccccc3C#N)c([Si](C)(C)C)c[n+]2C1CC(=C)NC. The van der Waals surface area contributed by atoms with E-state index in [-0.39, 0.29) is 6.04 Å². The van der Waals surface area contributed by atoms with E-state index in [4.69, 9.17) is 0 Å². The molecule has 194 valence electrons. The number of nitriles is 1. The monoisotopic (exact) mass is 518 g/mol. The van der Waals surface area contributed by atoms with E-state index >= 15 is 0 Å². The summed E-state index contributed by atoms with van der Waals surface area (Å²) in [5.74, 6) is 0.336. The van der Waals surface area contributed by atoms with Crippen LogP contribution in [0.2, 0.25) is 19.6 Å². The van der Waals surface area contributed by atoms with E-state index in [2.05, 4.69) is 103 Å². The molecule has 1 aromatic heterocycles. The highest BCUT2D eigenvalue weighted by atomic mass is 28.3. The number of benzene rings is 2. The van der Waals surface area contributed by atoms with Crippen molar-refractivity contribution in [3.8, 4) is 28.5 Å². The Morgan fingerprint density at radius 1 is 1.05 bits per heavy atom. The molecule has 1 aliphatic heterocycles. The van der Waals surface area contributed by atoms with Crippen molar-refractivity contribution in [2.45, 2.75) is 57.8 Å². The lowest BCUT2D eigenvalue weighted by atomic mass is 9.78. The van der Waals surface area contributed by atoms with Gasteiger partial charge in [0.15, 0.2) is 12.2 Å². The smallest absolute Gasteiger partial charge is 0.213 e. The van der Waals surface area contributed by atoms with Gasteiger partial charge >= 0.3 is 0 Å². The number of nitrogens with one attached hydrogen (secondary N) is 1. The molecule has 2 aromatic carbocycles. The van der Waals surface area contributed by atoms with Crippen LogP contribution < -0.4 is 15.1 Å². The molecule has 3 nitrogen and oxygen atoms in total. The summed E-state index contributed by atoms with van der Waals surface area (Å²) >= 11 is 0. The number of hydrogen-bond donors (Lipinski definition) is 1. The summed E-state index contributed by atoms with van der Waals surface area (Å²) < 4.78 is 2.53. The number of nitrogens with zero attached hydrogens (tertiary/aromatic N) is 2. The zero-order chi connectivity index (χ0) is 27.4. The van der Waals surface area contributed by atoms with Crippen molar-refractivity contribution in [2.75, 3.05) is 7.05 Å². The molecule has 1 aliphatic rings. The highest BCUT2D eigenvalue weighted by Gasteiger charge is 2.42. The molecule has 0 aliphatic carbocycles. The Morgan fingerprint density at radius 3 is 2.39 bits per heavy atom. The van der Waals surface area contributed by atoms with Crippen molar-refractivity contribution in [3.63, 3.8) is 0 Å². The zero-order valence-corrected chi connectivity index (χ0v) is 24.5. The molecular formula is C34H40N3Si+. The normalized spacial score (nSPS) is 16.4. The maximum Gasteiger partial charge on any atom is 0.213 e. The Bertz CT molecular complexity index is 1430. The van der Waals surface area contributed by atoms with Crippen LogP contribution in [-0.4, -0.2) is 15.1 Å². The van der Waals surface area contributed by atoms with Gasteiger partial charge < -0.3 is 5.32 Å². The topological polar surface area (TPSA) is 39.7 Å². The second-order valence-electron chi connectivity index (χ2n) is 11.3. The van der Waals surface area contributed by atoms with Gasteiger partial charge in [0.2, 0.25) is 5.69 Å². The van der Waals surface area contributed by atoms with E-state index in [1.807, 2.05) is 32.2 Å². The number of fused-ring (bicyclic) bond motifs is 3. The molecule has 0 bridgehead atoms. The molecule has 2 atom stereocenters. The lowest BCUT2D eigenvalue weighted by Gasteiger charge is -2.33. The average molecular weight is 519 g/mol. The van der Waals surface area contributed by atoms with Gasteiger partial charge in [0.05, 0.1) is 19.7 Å². The van der Waals surface area contributed by atoms with Crippen LogP contribution in [0, 0.1) is 11.3 Å². The fraction of sp³-hybridized carbons (Fsp3) is 0.294.